The Morgan fingerprint density at radius 1 is 1.04 bits per heavy atom. The fourth-order valence-corrected chi connectivity index (χ4v) is 3.26. The molecule has 2 N–H and O–H groups in total. The van der Waals surface area contributed by atoms with E-state index in [0.29, 0.717) is 29.7 Å². The molecule has 0 unspecified atom stereocenters. The van der Waals surface area contributed by atoms with Crippen LogP contribution in [-0.4, -0.2) is 19.8 Å². The maximum atomic E-state index is 14.7. The Morgan fingerprint density at radius 3 is 2.43 bits per heavy atom. The van der Waals surface area contributed by atoms with E-state index in [9.17, 15) is 13.2 Å². The number of nitrogen functional groups attached to an aromatic ring is 1. The highest BCUT2D eigenvalue weighted by molar-refractivity contribution is 5.67. The zero-order chi connectivity index (χ0) is 19.8. The van der Waals surface area contributed by atoms with Crippen LogP contribution in [0, 0.1) is 23.4 Å². The van der Waals surface area contributed by atoms with Crippen molar-refractivity contribution >= 4 is 11.4 Å². The number of ether oxygens (including phenoxy) is 2. The first-order valence-corrected chi connectivity index (χ1v) is 9.47. The summed E-state index contributed by atoms with van der Waals surface area (Å²) in [5.74, 6) is -1.30. The van der Waals surface area contributed by atoms with E-state index in [0.717, 1.165) is 31.7 Å². The van der Waals surface area contributed by atoms with Gasteiger partial charge in [-0.1, -0.05) is 0 Å². The molecule has 2 aliphatic rings. The number of anilines is 2. The number of methoxy groups -OCH3 is 1. The van der Waals surface area contributed by atoms with Gasteiger partial charge < -0.3 is 20.1 Å². The van der Waals surface area contributed by atoms with Gasteiger partial charge in [-0.15, -0.1) is 0 Å². The maximum absolute atomic E-state index is 14.7. The molecule has 0 aliphatic heterocycles. The number of hydrogen-bond acceptors (Lipinski definition) is 4. The summed E-state index contributed by atoms with van der Waals surface area (Å²) >= 11 is 0. The fraction of sp³-hybridized carbons (Fsp3) is 0.429. The van der Waals surface area contributed by atoms with Gasteiger partial charge >= 0.3 is 0 Å². The van der Waals surface area contributed by atoms with Crippen LogP contribution in [0.2, 0.25) is 0 Å². The molecule has 0 amide bonds. The number of halogens is 3. The molecule has 0 bridgehead atoms. The third-order valence-corrected chi connectivity index (χ3v) is 5.25. The number of hydrogen-bond donors (Lipinski definition) is 1. The smallest absolute Gasteiger partial charge is 0.167 e. The second kappa shape index (κ2) is 7.45. The van der Waals surface area contributed by atoms with Crippen molar-refractivity contribution in [3.8, 4) is 11.5 Å². The normalized spacial score (nSPS) is 16.1. The van der Waals surface area contributed by atoms with Crippen molar-refractivity contribution in [2.24, 2.45) is 5.92 Å². The van der Waals surface area contributed by atoms with Crippen LogP contribution in [0.15, 0.2) is 24.3 Å². The highest BCUT2D eigenvalue weighted by Crippen LogP contribution is 2.41. The summed E-state index contributed by atoms with van der Waals surface area (Å²) in [7, 11) is 1.44. The molecule has 0 spiro atoms. The minimum absolute atomic E-state index is 0.0219. The fourth-order valence-electron chi connectivity index (χ4n) is 3.26. The SMILES string of the molecule is COc1cc(F)c(N)cc1N(Cc1c(OCC2CC2)ccc(F)c1F)C1CC1. The Morgan fingerprint density at radius 2 is 1.79 bits per heavy atom. The average Bonchev–Trinajstić information content (AvgIpc) is 3.57. The number of benzene rings is 2. The minimum atomic E-state index is -0.923. The first kappa shape index (κ1) is 18.8. The topological polar surface area (TPSA) is 47.7 Å². The minimum Gasteiger partial charge on any atom is -0.494 e. The summed E-state index contributed by atoms with van der Waals surface area (Å²) in [5, 5.41) is 0. The van der Waals surface area contributed by atoms with Gasteiger partial charge in [0.2, 0.25) is 0 Å². The molecular formula is C21H23F3N2O2. The molecule has 2 aromatic carbocycles. The average molecular weight is 392 g/mol. The van der Waals surface area contributed by atoms with Crippen LogP contribution in [0.5, 0.6) is 11.5 Å². The molecular weight excluding hydrogens is 369 g/mol. The zero-order valence-electron chi connectivity index (χ0n) is 15.7. The molecule has 0 radical (unpaired) electrons. The summed E-state index contributed by atoms with van der Waals surface area (Å²) < 4.78 is 53.6. The predicted molar refractivity (Wildman–Crippen MR) is 101 cm³/mol. The standard InChI is InChI=1S/C21H23F3N2O2/c1-27-20-8-16(23)17(25)9-18(20)26(13-4-5-13)10-14-19(28-11-12-2-3-12)7-6-15(22)21(14)24/h6-9,12-13H,2-5,10-11,25H2,1H3. The Hall–Kier alpha value is -2.57. The van der Waals surface area contributed by atoms with Crippen molar-refractivity contribution in [2.45, 2.75) is 38.3 Å². The summed E-state index contributed by atoms with van der Waals surface area (Å²) in [6.45, 7) is 0.573. The van der Waals surface area contributed by atoms with Gasteiger partial charge in [-0.3, -0.25) is 0 Å². The molecule has 4 rings (SSSR count). The molecule has 2 fully saturated rings. The van der Waals surface area contributed by atoms with Gasteiger partial charge in [0.05, 0.1) is 37.2 Å². The highest BCUT2D eigenvalue weighted by Gasteiger charge is 2.33. The zero-order valence-corrected chi connectivity index (χ0v) is 15.7. The highest BCUT2D eigenvalue weighted by atomic mass is 19.2. The molecule has 4 nitrogen and oxygen atoms in total. The first-order chi connectivity index (χ1) is 13.5. The number of nitrogens with two attached hydrogens (primary N) is 1. The molecule has 0 heterocycles. The van der Waals surface area contributed by atoms with Crippen LogP contribution in [0.3, 0.4) is 0 Å². The monoisotopic (exact) mass is 392 g/mol. The van der Waals surface area contributed by atoms with Gasteiger partial charge in [0, 0.05) is 12.1 Å². The third-order valence-electron chi connectivity index (χ3n) is 5.25. The van der Waals surface area contributed by atoms with Crippen molar-refractivity contribution in [1.82, 2.24) is 0 Å². The van der Waals surface area contributed by atoms with Gasteiger partial charge in [-0.2, -0.15) is 0 Å². The van der Waals surface area contributed by atoms with Gasteiger partial charge in [0.15, 0.2) is 11.6 Å². The summed E-state index contributed by atoms with van der Waals surface area (Å²) in [6.07, 6.45) is 3.99. The molecule has 2 aliphatic carbocycles. The van der Waals surface area contributed by atoms with E-state index < -0.39 is 17.5 Å². The molecule has 0 atom stereocenters. The van der Waals surface area contributed by atoms with Gasteiger partial charge in [-0.05, 0) is 49.8 Å². The van der Waals surface area contributed by atoms with E-state index in [2.05, 4.69) is 0 Å². The Bertz CT molecular complexity index is 882. The molecule has 2 saturated carbocycles. The van der Waals surface area contributed by atoms with Crippen LogP contribution in [0.1, 0.15) is 31.2 Å². The second-order valence-electron chi connectivity index (χ2n) is 7.50. The Kier molecular flexibility index (Phi) is 5.00. The van der Waals surface area contributed by atoms with Crippen molar-refractivity contribution < 1.29 is 22.6 Å². The quantitative estimate of drug-likeness (QED) is 0.664. The first-order valence-electron chi connectivity index (χ1n) is 9.47. The molecule has 7 heteroatoms. The van der Waals surface area contributed by atoms with E-state index >= 15 is 0 Å². The molecule has 28 heavy (non-hydrogen) atoms. The van der Waals surface area contributed by atoms with Gasteiger partial charge in [-0.25, -0.2) is 13.2 Å². The largest absolute Gasteiger partial charge is 0.494 e. The molecule has 2 aromatic rings. The molecule has 0 aromatic heterocycles. The second-order valence-corrected chi connectivity index (χ2v) is 7.50. The van der Waals surface area contributed by atoms with Crippen LogP contribution in [-0.2, 0) is 6.54 Å². The van der Waals surface area contributed by atoms with Crippen LogP contribution < -0.4 is 20.1 Å². The number of rotatable bonds is 8. The lowest BCUT2D eigenvalue weighted by Crippen LogP contribution is -2.27. The third kappa shape index (κ3) is 3.84. The van der Waals surface area contributed by atoms with Gasteiger partial charge in [0.1, 0.15) is 17.3 Å². The Labute approximate surface area is 162 Å². The van der Waals surface area contributed by atoms with E-state index in [1.165, 1.54) is 25.3 Å². The van der Waals surface area contributed by atoms with E-state index in [1.807, 2.05) is 4.90 Å². The van der Waals surface area contributed by atoms with Crippen molar-refractivity contribution in [2.75, 3.05) is 24.4 Å². The lowest BCUT2D eigenvalue weighted by molar-refractivity contribution is 0.293. The summed E-state index contributed by atoms with van der Waals surface area (Å²) in [5.41, 5.74) is 6.44. The van der Waals surface area contributed by atoms with Crippen molar-refractivity contribution in [1.29, 1.82) is 0 Å². The summed E-state index contributed by atoms with van der Waals surface area (Å²) in [4.78, 5) is 1.89. The van der Waals surface area contributed by atoms with Gasteiger partial charge in [0.25, 0.3) is 0 Å². The molecule has 0 saturated heterocycles. The number of nitrogens with zero attached hydrogens (tertiary/aromatic N) is 1. The maximum Gasteiger partial charge on any atom is 0.167 e. The lowest BCUT2D eigenvalue weighted by Gasteiger charge is -2.28. The van der Waals surface area contributed by atoms with Crippen LogP contribution in [0.25, 0.3) is 0 Å². The predicted octanol–water partition coefficient (Wildman–Crippen LogP) is 4.65. The van der Waals surface area contributed by atoms with E-state index in [1.54, 1.807) is 0 Å². The van der Waals surface area contributed by atoms with Crippen molar-refractivity contribution in [3.05, 3.63) is 47.3 Å². The molecule has 150 valence electrons. The summed E-state index contributed by atoms with van der Waals surface area (Å²) in [6, 6.07) is 5.37. The van der Waals surface area contributed by atoms with E-state index in [4.69, 9.17) is 15.2 Å². The van der Waals surface area contributed by atoms with Crippen LogP contribution >= 0.6 is 0 Å². The van der Waals surface area contributed by atoms with Crippen LogP contribution in [0.4, 0.5) is 24.5 Å². The lowest BCUT2D eigenvalue weighted by atomic mass is 10.1. The van der Waals surface area contributed by atoms with Crippen molar-refractivity contribution in [3.63, 3.8) is 0 Å². The van der Waals surface area contributed by atoms with E-state index in [-0.39, 0.29) is 23.8 Å². The Balaban J connectivity index is 1.69.